The molecule has 0 aliphatic carbocycles. The normalized spacial score (nSPS) is 13.4. The van der Waals surface area contributed by atoms with E-state index in [1.165, 1.54) is 6.08 Å². The maximum atomic E-state index is 12.2. The molecule has 2 aromatic rings. The first kappa shape index (κ1) is 14.9. The molecule has 3 nitrogen and oxygen atoms in total. The second-order valence-electron chi connectivity index (χ2n) is 4.72. The molecule has 22 heavy (non-hydrogen) atoms. The molecule has 1 aliphatic rings. The number of rotatable bonds is 3. The fraction of sp³-hybridized carbons (Fsp3) is 0.118. The third-order valence-corrected chi connectivity index (χ3v) is 3.74. The van der Waals surface area contributed by atoms with Gasteiger partial charge in [-0.05, 0) is 42.0 Å². The highest BCUT2D eigenvalue weighted by Crippen LogP contribution is 2.31. The molecular weight excluding hydrogens is 323 g/mol. The van der Waals surface area contributed by atoms with Gasteiger partial charge in [-0.1, -0.05) is 35.3 Å². The van der Waals surface area contributed by atoms with Crippen molar-refractivity contribution < 1.29 is 14.3 Å². The lowest BCUT2D eigenvalue weighted by molar-refractivity contribution is 0.104. The van der Waals surface area contributed by atoms with Gasteiger partial charge in [0.2, 0.25) is 0 Å². The van der Waals surface area contributed by atoms with E-state index in [0.29, 0.717) is 34.6 Å². The number of fused-ring (bicyclic) bond motifs is 1. The van der Waals surface area contributed by atoms with E-state index < -0.39 is 0 Å². The largest absolute Gasteiger partial charge is 0.486 e. The number of ether oxygens (including phenoxy) is 2. The highest BCUT2D eigenvalue weighted by Gasteiger charge is 2.11. The standard InChI is InChI=1S/C17H12Cl2O3/c18-12-3-4-13(14(19)10-12)15(20)5-1-11-2-6-16-17(9-11)22-8-7-21-16/h1-6,9-10H,7-8H2. The lowest BCUT2D eigenvalue weighted by atomic mass is 10.1. The summed E-state index contributed by atoms with van der Waals surface area (Å²) in [5.74, 6) is 1.22. The van der Waals surface area contributed by atoms with Crippen molar-refractivity contribution in [1.29, 1.82) is 0 Å². The summed E-state index contributed by atoms with van der Waals surface area (Å²) < 4.78 is 11.0. The maximum absolute atomic E-state index is 12.2. The van der Waals surface area contributed by atoms with E-state index >= 15 is 0 Å². The van der Waals surface area contributed by atoms with Crippen LogP contribution >= 0.6 is 23.2 Å². The molecule has 0 saturated heterocycles. The van der Waals surface area contributed by atoms with Gasteiger partial charge in [0.25, 0.3) is 0 Å². The average molecular weight is 335 g/mol. The molecule has 0 radical (unpaired) electrons. The number of hydrogen-bond acceptors (Lipinski definition) is 3. The molecule has 0 saturated carbocycles. The number of halogens is 2. The Morgan fingerprint density at radius 2 is 1.77 bits per heavy atom. The zero-order valence-corrected chi connectivity index (χ0v) is 13.0. The monoisotopic (exact) mass is 334 g/mol. The number of carbonyl (C=O) groups is 1. The fourth-order valence-corrected chi connectivity index (χ4v) is 2.62. The van der Waals surface area contributed by atoms with Gasteiger partial charge in [0.05, 0.1) is 5.02 Å². The highest BCUT2D eigenvalue weighted by molar-refractivity contribution is 6.37. The molecule has 0 spiro atoms. The molecular formula is C17H12Cl2O3. The van der Waals surface area contributed by atoms with Crippen molar-refractivity contribution in [2.45, 2.75) is 0 Å². The highest BCUT2D eigenvalue weighted by atomic mass is 35.5. The van der Waals surface area contributed by atoms with Gasteiger partial charge >= 0.3 is 0 Å². The Bertz CT molecular complexity index is 754. The van der Waals surface area contributed by atoms with Crippen LogP contribution in [0.4, 0.5) is 0 Å². The lowest BCUT2D eigenvalue weighted by Crippen LogP contribution is -2.15. The Morgan fingerprint density at radius 1 is 1.00 bits per heavy atom. The van der Waals surface area contributed by atoms with Crippen molar-refractivity contribution in [3.63, 3.8) is 0 Å². The van der Waals surface area contributed by atoms with Gasteiger partial charge in [-0.3, -0.25) is 4.79 Å². The summed E-state index contributed by atoms with van der Waals surface area (Å²) in [4.78, 5) is 12.2. The van der Waals surface area contributed by atoms with Crippen molar-refractivity contribution >= 4 is 35.1 Å². The van der Waals surface area contributed by atoms with Crippen molar-refractivity contribution in [2.75, 3.05) is 13.2 Å². The summed E-state index contributed by atoms with van der Waals surface area (Å²) in [5, 5.41) is 0.835. The van der Waals surface area contributed by atoms with Gasteiger partial charge in [-0.2, -0.15) is 0 Å². The summed E-state index contributed by atoms with van der Waals surface area (Å²) in [6.07, 6.45) is 3.19. The molecule has 1 aliphatic heterocycles. The van der Waals surface area contributed by atoms with E-state index in [-0.39, 0.29) is 5.78 Å². The van der Waals surface area contributed by atoms with Crippen molar-refractivity contribution in [3.05, 3.63) is 63.6 Å². The fourth-order valence-electron chi connectivity index (χ4n) is 2.11. The van der Waals surface area contributed by atoms with E-state index in [1.54, 1.807) is 24.3 Å². The van der Waals surface area contributed by atoms with Crippen LogP contribution in [0.3, 0.4) is 0 Å². The van der Waals surface area contributed by atoms with E-state index in [9.17, 15) is 4.79 Å². The van der Waals surface area contributed by atoms with Crippen LogP contribution in [0, 0.1) is 0 Å². The predicted octanol–water partition coefficient (Wildman–Crippen LogP) is 4.66. The molecule has 5 heteroatoms. The maximum Gasteiger partial charge on any atom is 0.187 e. The smallest absolute Gasteiger partial charge is 0.187 e. The predicted molar refractivity (Wildman–Crippen MR) is 87.3 cm³/mol. The van der Waals surface area contributed by atoms with Crippen molar-refractivity contribution in [1.82, 2.24) is 0 Å². The Kier molecular flexibility index (Phi) is 4.36. The van der Waals surface area contributed by atoms with Crippen LogP contribution in [0.15, 0.2) is 42.5 Å². The molecule has 1 heterocycles. The first-order chi connectivity index (χ1) is 10.6. The average Bonchev–Trinajstić information content (AvgIpc) is 2.52. The zero-order chi connectivity index (χ0) is 15.5. The molecule has 0 fully saturated rings. The molecule has 0 N–H and O–H groups in total. The number of hydrogen-bond donors (Lipinski definition) is 0. The summed E-state index contributed by atoms with van der Waals surface area (Å²) in [6, 6.07) is 10.3. The lowest BCUT2D eigenvalue weighted by Gasteiger charge is -2.18. The van der Waals surface area contributed by atoms with Crippen molar-refractivity contribution in [3.8, 4) is 11.5 Å². The van der Waals surface area contributed by atoms with Gasteiger partial charge in [-0.25, -0.2) is 0 Å². The molecule has 0 aromatic heterocycles. The molecule has 0 bridgehead atoms. The van der Waals surface area contributed by atoms with Gasteiger partial charge in [-0.15, -0.1) is 0 Å². The van der Waals surface area contributed by atoms with Gasteiger partial charge in [0.1, 0.15) is 13.2 Å². The van der Waals surface area contributed by atoms with Crippen molar-refractivity contribution in [2.24, 2.45) is 0 Å². The Hall–Kier alpha value is -1.97. The van der Waals surface area contributed by atoms with Crippen LogP contribution < -0.4 is 9.47 Å². The summed E-state index contributed by atoms with van der Waals surface area (Å²) >= 11 is 11.8. The number of allylic oxidation sites excluding steroid dienone is 1. The Balaban J connectivity index is 1.80. The Labute approximate surface area is 138 Å². The molecule has 112 valence electrons. The minimum absolute atomic E-state index is 0.184. The number of carbonyl (C=O) groups excluding carboxylic acids is 1. The van der Waals surface area contributed by atoms with Gasteiger partial charge in [0.15, 0.2) is 17.3 Å². The van der Waals surface area contributed by atoms with Crippen LogP contribution in [0.2, 0.25) is 10.0 Å². The number of benzene rings is 2. The molecule has 2 aromatic carbocycles. The molecule has 0 atom stereocenters. The minimum atomic E-state index is -0.184. The third kappa shape index (κ3) is 3.26. The number of ketones is 1. The van der Waals surface area contributed by atoms with Gasteiger partial charge in [0, 0.05) is 10.6 Å². The zero-order valence-electron chi connectivity index (χ0n) is 11.5. The van der Waals surface area contributed by atoms with Gasteiger partial charge < -0.3 is 9.47 Å². The van der Waals surface area contributed by atoms with Crippen LogP contribution in [0.1, 0.15) is 15.9 Å². The summed E-state index contributed by atoms with van der Waals surface area (Å²) in [6.45, 7) is 1.08. The van der Waals surface area contributed by atoms with Crippen LogP contribution in [-0.4, -0.2) is 19.0 Å². The second-order valence-corrected chi connectivity index (χ2v) is 5.57. The van der Waals surface area contributed by atoms with E-state index in [4.69, 9.17) is 32.7 Å². The first-order valence-electron chi connectivity index (χ1n) is 6.70. The van der Waals surface area contributed by atoms with E-state index in [0.717, 1.165) is 11.3 Å². The summed E-state index contributed by atoms with van der Waals surface area (Å²) in [5.41, 5.74) is 1.27. The molecule has 0 unspecified atom stereocenters. The quantitative estimate of drug-likeness (QED) is 0.604. The topological polar surface area (TPSA) is 35.5 Å². The first-order valence-corrected chi connectivity index (χ1v) is 7.46. The SMILES string of the molecule is O=C(C=Cc1ccc2c(c1)OCCO2)c1ccc(Cl)cc1Cl. The Morgan fingerprint density at radius 3 is 2.55 bits per heavy atom. The summed E-state index contributed by atoms with van der Waals surface area (Å²) in [7, 11) is 0. The van der Waals surface area contributed by atoms with E-state index in [1.807, 2.05) is 18.2 Å². The molecule has 3 rings (SSSR count). The van der Waals surface area contributed by atoms with Crippen LogP contribution in [0.25, 0.3) is 6.08 Å². The van der Waals surface area contributed by atoms with E-state index in [2.05, 4.69) is 0 Å². The third-order valence-electron chi connectivity index (χ3n) is 3.19. The minimum Gasteiger partial charge on any atom is -0.486 e. The molecule has 0 amide bonds. The second kappa shape index (κ2) is 6.42. The van der Waals surface area contributed by atoms with Crippen LogP contribution in [0.5, 0.6) is 11.5 Å². The van der Waals surface area contributed by atoms with Crippen LogP contribution in [-0.2, 0) is 0 Å².